The summed E-state index contributed by atoms with van der Waals surface area (Å²) in [5, 5.41) is 9.44. The highest BCUT2D eigenvalue weighted by Gasteiger charge is 2.58. The van der Waals surface area contributed by atoms with Gasteiger partial charge >= 0.3 is 0 Å². The molecule has 0 aromatic heterocycles. The molecule has 0 saturated heterocycles. The molecule has 1 aliphatic rings. The maximum absolute atomic E-state index is 12.8. The molecule has 0 bridgehead atoms. The monoisotopic (exact) mass is 400 g/mol. The van der Waals surface area contributed by atoms with Crippen molar-refractivity contribution in [3.63, 3.8) is 0 Å². The Morgan fingerprint density at radius 1 is 1.05 bits per heavy atom. The number of rotatable bonds is 4. The summed E-state index contributed by atoms with van der Waals surface area (Å²) in [6.45, 7) is -0.141. The molecule has 2 aromatic carbocycles. The summed E-state index contributed by atoms with van der Waals surface area (Å²) >= 11 is 9.18. The lowest BCUT2D eigenvalue weighted by Gasteiger charge is -2.04. The molecule has 0 radical (unpaired) electrons. The largest absolute Gasteiger partial charge is 0.396 e. The molecule has 2 aromatic rings. The number of benzene rings is 2. The molecule has 1 fully saturated rings. The van der Waals surface area contributed by atoms with Crippen molar-refractivity contribution in [2.75, 3.05) is 6.61 Å². The van der Waals surface area contributed by atoms with Gasteiger partial charge in [-0.3, -0.25) is 0 Å². The normalized spacial score (nSPS) is 24.2. The van der Waals surface area contributed by atoms with Crippen molar-refractivity contribution >= 4 is 37.4 Å². The third kappa shape index (κ3) is 2.83. The van der Waals surface area contributed by atoms with Gasteiger partial charge in [0.05, 0.1) is 10.1 Å². The minimum atomic E-state index is -3.48. The highest BCUT2D eigenvalue weighted by Crippen LogP contribution is 2.53. The summed E-state index contributed by atoms with van der Waals surface area (Å²) in [5.74, 6) is -0.430. The average molecular weight is 402 g/mol. The molecule has 6 heteroatoms. The first kappa shape index (κ1) is 16.0. The van der Waals surface area contributed by atoms with Crippen molar-refractivity contribution in [2.24, 2.45) is 5.92 Å². The van der Waals surface area contributed by atoms with Gasteiger partial charge in [-0.1, -0.05) is 39.7 Å². The van der Waals surface area contributed by atoms with Gasteiger partial charge in [0, 0.05) is 27.9 Å². The highest BCUT2D eigenvalue weighted by molar-refractivity contribution is 9.10. The Morgan fingerprint density at radius 3 is 2.18 bits per heavy atom. The third-order valence-electron chi connectivity index (χ3n) is 4.06. The van der Waals surface area contributed by atoms with Crippen LogP contribution < -0.4 is 0 Å². The predicted octanol–water partition coefficient (Wildman–Crippen LogP) is 3.65. The second kappa shape index (κ2) is 5.96. The fourth-order valence-corrected chi connectivity index (χ4v) is 5.48. The molecule has 0 spiro atoms. The van der Waals surface area contributed by atoms with Crippen LogP contribution in [-0.4, -0.2) is 25.4 Å². The first-order valence-corrected chi connectivity index (χ1v) is 9.52. The molecule has 3 nitrogen and oxygen atoms in total. The van der Waals surface area contributed by atoms with E-state index >= 15 is 0 Å². The Kier molecular flexibility index (Phi) is 4.34. The maximum Gasteiger partial charge on any atom is 0.182 e. The standard InChI is InChI=1S/C16H14BrClO3S/c17-11-3-1-10(2-4-11)15-14(9-19)16(15)22(20,21)13-7-5-12(18)6-8-13/h1-8,14-16,19H,9H2/t14-,15-,16-/m0/s1. The predicted molar refractivity (Wildman–Crippen MR) is 89.9 cm³/mol. The number of aliphatic hydroxyl groups excluding tert-OH is 1. The van der Waals surface area contributed by atoms with E-state index < -0.39 is 15.1 Å². The number of hydrogen-bond donors (Lipinski definition) is 1. The van der Waals surface area contributed by atoms with Crippen molar-refractivity contribution in [3.8, 4) is 0 Å². The lowest BCUT2D eigenvalue weighted by atomic mass is 10.1. The lowest BCUT2D eigenvalue weighted by molar-refractivity contribution is 0.274. The summed E-state index contributed by atoms with van der Waals surface area (Å²) in [6.07, 6.45) is 0. The van der Waals surface area contributed by atoms with E-state index in [2.05, 4.69) is 15.9 Å². The first-order valence-electron chi connectivity index (χ1n) is 6.81. The van der Waals surface area contributed by atoms with Crippen LogP contribution in [0.25, 0.3) is 0 Å². The summed E-state index contributed by atoms with van der Waals surface area (Å²) in [4.78, 5) is 0.250. The van der Waals surface area contributed by atoms with Gasteiger partial charge in [-0.25, -0.2) is 8.42 Å². The fraction of sp³-hybridized carbons (Fsp3) is 0.250. The Hall–Kier alpha value is -0.880. The molecule has 0 aliphatic heterocycles. The fourth-order valence-electron chi connectivity index (χ4n) is 2.89. The van der Waals surface area contributed by atoms with Crippen molar-refractivity contribution in [1.82, 2.24) is 0 Å². The SMILES string of the molecule is O=S(=O)(c1ccc(Cl)cc1)[C@H]1[C@@H](CO)[C@@H]1c1ccc(Br)cc1. The van der Waals surface area contributed by atoms with Crippen LogP contribution in [0.2, 0.25) is 5.02 Å². The molecule has 3 atom stereocenters. The second-order valence-electron chi connectivity index (χ2n) is 5.39. The van der Waals surface area contributed by atoms with Gasteiger partial charge in [0.1, 0.15) is 0 Å². The molecule has 1 aliphatic carbocycles. The minimum absolute atomic E-state index is 0.141. The second-order valence-corrected chi connectivity index (χ2v) is 8.85. The zero-order valence-electron chi connectivity index (χ0n) is 11.5. The minimum Gasteiger partial charge on any atom is -0.396 e. The molecule has 1 saturated carbocycles. The van der Waals surface area contributed by atoms with Crippen LogP contribution >= 0.6 is 27.5 Å². The molecular weight excluding hydrogens is 388 g/mol. The van der Waals surface area contributed by atoms with E-state index in [1.807, 2.05) is 24.3 Å². The van der Waals surface area contributed by atoms with Gasteiger partial charge in [0.15, 0.2) is 9.84 Å². The summed E-state index contributed by atoms with van der Waals surface area (Å²) < 4.78 is 26.5. The average Bonchev–Trinajstić information content (AvgIpc) is 3.24. The summed E-state index contributed by atoms with van der Waals surface area (Å²) in [7, 11) is -3.48. The topological polar surface area (TPSA) is 54.4 Å². The van der Waals surface area contributed by atoms with Crippen molar-refractivity contribution < 1.29 is 13.5 Å². The Balaban J connectivity index is 1.93. The number of aliphatic hydroxyl groups is 1. The molecule has 0 unspecified atom stereocenters. The van der Waals surface area contributed by atoms with Gasteiger partial charge < -0.3 is 5.11 Å². The number of hydrogen-bond acceptors (Lipinski definition) is 3. The quantitative estimate of drug-likeness (QED) is 0.851. The zero-order valence-corrected chi connectivity index (χ0v) is 14.6. The van der Waals surface area contributed by atoms with Crippen LogP contribution in [-0.2, 0) is 9.84 Å². The maximum atomic E-state index is 12.8. The van der Waals surface area contributed by atoms with E-state index in [-0.39, 0.29) is 23.3 Å². The van der Waals surface area contributed by atoms with Gasteiger partial charge in [-0.2, -0.15) is 0 Å². The Bertz CT molecular complexity index is 772. The first-order chi connectivity index (χ1) is 10.4. The molecule has 22 heavy (non-hydrogen) atoms. The van der Waals surface area contributed by atoms with E-state index in [0.717, 1.165) is 10.0 Å². The van der Waals surface area contributed by atoms with E-state index in [4.69, 9.17) is 11.6 Å². The number of halogens is 2. The van der Waals surface area contributed by atoms with Crippen molar-refractivity contribution in [2.45, 2.75) is 16.1 Å². The van der Waals surface area contributed by atoms with Gasteiger partial charge in [0.25, 0.3) is 0 Å². The van der Waals surface area contributed by atoms with Crippen LogP contribution in [0.15, 0.2) is 57.9 Å². The van der Waals surface area contributed by atoms with Gasteiger partial charge in [-0.05, 0) is 42.0 Å². The molecule has 3 rings (SSSR count). The summed E-state index contributed by atoms with van der Waals surface area (Å²) in [5.41, 5.74) is 0.935. The Labute approximate surface area is 143 Å². The summed E-state index contributed by atoms with van der Waals surface area (Å²) in [6, 6.07) is 13.7. The molecule has 116 valence electrons. The Morgan fingerprint density at radius 2 is 1.64 bits per heavy atom. The molecule has 0 heterocycles. The lowest BCUT2D eigenvalue weighted by Crippen LogP contribution is -2.11. The van der Waals surface area contributed by atoms with Crippen LogP contribution in [0, 0.1) is 5.92 Å². The number of sulfone groups is 1. The van der Waals surface area contributed by atoms with Gasteiger partial charge in [-0.15, -0.1) is 0 Å². The van der Waals surface area contributed by atoms with Crippen LogP contribution in [0.4, 0.5) is 0 Å². The van der Waals surface area contributed by atoms with E-state index in [0.29, 0.717) is 5.02 Å². The zero-order chi connectivity index (χ0) is 15.9. The van der Waals surface area contributed by atoms with Crippen LogP contribution in [0.5, 0.6) is 0 Å². The van der Waals surface area contributed by atoms with E-state index in [9.17, 15) is 13.5 Å². The van der Waals surface area contributed by atoms with Crippen LogP contribution in [0.3, 0.4) is 0 Å². The third-order valence-corrected chi connectivity index (χ3v) is 7.13. The van der Waals surface area contributed by atoms with Gasteiger partial charge in [0.2, 0.25) is 0 Å². The van der Waals surface area contributed by atoms with E-state index in [1.165, 1.54) is 12.1 Å². The molecular formula is C16H14BrClO3S. The molecule has 1 N–H and O–H groups in total. The molecule has 0 amide bonds. The highest BCUT2D eigenvalue weighted by atomic mass is 79.9. The smallest absolute Gasteiger partial charge is 0.182 e. The van der Waals surface area contributed by atoms with E-state index in [1.54, 1.807) is 12.1 Å². The van der Waals surface area contributed by atoms with Crippen LogP contribution in [0.1, 0.15) is 11.5 Å². The van der Waals surface area contributed by atoms with Crippen molar-refractivity contribution in [1.29, 1.82) is 0 Å². The van der Waals surface area contributed by atoms with Crippen molar-refractivity contribution in [3.05, 3.63) is 63.6 Å².